The maximum absolute atomic E-state index is 14.8. The summed E-state index contributed by atoms with van der Waals surface area (Å²) < 4.78 is 20.1. The Hall–Kier alpha value is -2.15. The maximum atomic E-state index is 14.8. The van der Waals surface area contributed by atoms with E-state index in [1.807, 2.05) is 6.07 Å². The molecule has 0 aromatic heterocycles. The van der Waals surface area contributed by atoms with Crippen molar-refractivity contribution in [2.75, 3.05) is 37.7 Å². The van der Waals surface area contributed by atoms with Gasteiger partial charge in [0.05, 0.1) is 24.8 Å². The summed E-state index contributed by atoms with van der Waals surface area (Å²) in [5, 5.41) is 5.60. The van der Waals surface area contributed by atoms with Gasteiger partial charge in [0.2, 0.25) is 11.8 Å². The van der Waals surface area contributed by atoms with Crippen molar-refractivity contribution < 1.29 is 18.7 Å². The summed E-state index contributed by atoms with van der Waals surface area (Å²) in [7, 11) is 0. The molecule has 2 atom stereocenters. The summed E-state index contributed by atoms with van der Waals surface area (Å²) in [4.78, 5) is 25.4. The van der Waals surface area contributed by atoms with Crippen molar-refractivity contribution >= 4 is 17.5 Å². The zero-order valence-corrected chi connectivity index (χ0v) is 15.6. The Morgan fingerprint density at radius 2 is 2.11 bits per heavy atom. The van der Waals surface area contributed by atoms with Gasteiger partial charge in [-0.1, -0.05) is 6.07 Å². The van der Waals surface area contributed by atoms with E-state index in [1.54, 1.807) is 6.07 Å². The van der Waals surface area contributed by atoms with Gasteiger partial charge >= 0.3 is 0 Å². The molecule has 2 amide bonds. The average molecular weight is 375 g/mol. The molecule has 3 fully saturated rings. The Balaban J connectivity index is 1.41. The number of anilines is 1. The van der Waals surface area contributed by atoms with Crippen LogP contribution in [0.1, 0.15) is 37.7 Å². The average Bonchev–Trinajstić information content (AvgIpc) is 2.99. The molecule has 0 aliphatic carbocycles. The zero-order valence-electron chi connectivity index (χ0n) is 15.6. The van der Waals surface area contributed by atoms with Crippen molar-refractivity contribution in [3.05, 3.63) is 29.6 Å². The van der Waals surface area contributed by atoms with Crippen molar-refractivity contribution in [1.29, 1.82) is 0 Å². The number of ether oxygens (including phenoxy) is 1. The highest BCUT2D eigenvalue weighted by molar-refractivity contribution is 5.86. The minimum absolute atomic E-state index is 0.109. The van der Waals surface area contributed by atoms with Gasteiger partial charge in [-0.05, 0) is 37.0 Å². The number of halogens is 1. The van der Waals surface area contributed by atoms with Gasteiger partial charge in [-0.15, -0.1) is 0 Å². The summed E-state index contributed by atoms with van der Waals surface area (Å²) in [6.07, 6.45) is 2.62. The fourth-order valence-electron chi connectivity index (χ4n) is 4.34. The molecular formula is C20H26FN3O3. The molecule has 0 radical (unpaired) electrons. The van der Waals surface area contributed by atoms with E-state index in [-0.39, 0.29) is 29.6 Å². The molecule has 0 saturated carbocycles. The number of nitrogens with one attached hydrogen (secondary N) is 2. The van der Waals surface area contributed by atoms with E-state index in [0.29, 0.717) is 29.6 Å². The van der Waals surface area contributed by atoms with Crippen LogP contribution in [-0.4, -0.2) is 50.7 Å². The summed E-state index contributed by atoms with van der Waals surface area (Å²) in [5.41, 5.74) is 1.62. The van der Waals surface area contributed by atoms with E-state index in [9.17, 15) is 14.0 Å². The maximum Gasteiger partial charge on any atom is 0.227 e. The van der Waals surface area contributed by atoms with Gasteiger partial charge in [-0.2, -0.15) is 0 Å². The molecule has 27 heavy (non-hydrogen) atoms. The smallest absolute Gasteiger partial charge is 0.227 e. The number of nitrogens with zero attached hydrogens (tertiary/aromatic N) is 1. The second-order valence-corrected chi connectivity index (χ2v) is 8.12. The van der Waals surface area contributed by atoms with Gasteiger partial charge < -0.3 is 20.3 Å². The van der Waals surface area contributed by atoms with Crippen molar-refractivity contribution in [3.63, 3.8) is 0 Å². The Morgan fingerprint density at radius 1 is 1.37 bits per heavy atom. The fraction of sp³-hybridized carbons (Fsp3) is 0.600. The lowest BCUT2D eigenvalue weighted by atomic mass is 9.77. The molecule has 1 aromatic carbocycles. The molecule has 146 valence electrons. The predicted molar refractivity (Wildman–Crippen MR) is 99.1 cm³/mol. The highest BCUT2D eigenvalue weighted by Crippen LogP contribution is 2.40. The lowest BCUT2D eigenvalue weighted by molar-refractivity contribution is -0.124. The monoisotopic (exact) mass is 375 g/mol. The molecule has 7 heteroatoms. The predicted octanol–water partition coefficient (Wildman–Crippen LogP) is 1.55. The summed E-state index contributed by atoms with van der Waals surface area (Å²) in [5.74, 6) is -0.877. The van der Waals surface area contributed by atoms with Crippen LogP contribution in [0.15, 0.2) is 18.2 Å². The number of carbonyl (C=O) groups is 2. The number of benzene rings is 1. The molecule has 3 aliphatic heterocycles. The quantitative estimate of drug-likeness (QED) is 0.838. The van der Waals surface area contributed by atoms with Gasteiger partial charge in [-0.25, -0.2) is 4.39 Å². The molecule has 2 N–H and O–H groups in total. The molecule has 3 heterocycles. The van der Waals surface area contributed by atoms with Crippen LogP contribution in [0.25, 0.3) is 0 Å². The molecular weight excluding hydrogens is 349 g/mol. The third kappa shape index (κ3) is 3.65. The largest absolute Gasteiger partial charge is 0.380 e. The molecule has 1 unspecified atom stereocenters. The van der Waals surface area contributed by atoms with Gasteiger partial charge in [0.25, 0.3) is 0 Å². The Labute approximate surface area is 158 Å². The first kappa shape index (κ1) is 18.2. The van der Waals surface area contributed by atoms with Crippen molar-refractivity contribution in [1.82, 2.24) is 10.6 Å². The van der Waals surface area contributed by atoms with E-state index in [2.05, 4.69) is 15.5 Å². The fourth-order valence-corrected chi connectivity index (χ4v) is 4.34. The van der Waals surface area contributed by atoms with Crippen LogP contribution in [0.5, 0.6) is 0 Å². The van der Waals surface area contributed by atoms with Crippen LogP contribution in [-0.2, 0) is 14.3 Å². The second-order valence-electron chi connectivity index (χ2n) is 8.12. The molecule has 1 aromatic rings. The lowest BCUT2D eigenvalue weighted by Crippen LogP contribution is -2.51. The summed E-state index contributed by atoms with van der Waals surface area (Å²) >= 11 is 0. The van der Waals surface area contributed by atoms with E-state index in [1.165, 1.54) is 13.0 Å². The zero-order chi connectivity index (χ0) is 19.0. The normalized spacial score (nSPS) is 26.6. The lowest BCUT2D eigenvalue weighted by Gasteiger charge is -2.47. The Bertz CT molecular complexity index is 740. The number of piperidine rings is 1. The van der Waals surface area contributed by atoms with Crippen molar-refractivity contribution in [2.24, 2.45) is 5.41 Å². The van der Waals surface area contributed by atoms with Crippen LogP contribution < -0.4 is 15.5 Å². The molecule has 1 spiro atoms. The molecule has 3 aliphatic rings. The van der Waals surface area contributed by atoms with E-state index < -0.39 is 0 Å². The van der Waals surface area contributed by atoms with Crippen molar-refractivity contribution in [2.45, 2.75) is 38.1 Å². The van der Waals surface area contributed by atoms with Crippen LogP contribution in [0.4, 0.5) is 10.1 Å². The number of hydrogen-bond acceptors (Lipinski definition) is 4. The molecule has 6 nitrogen and oxygen atoms in total. The van der Waals surface area contributed by atoms with E-state index in [4.69, 9.17) is 4.74 Å². The SMILES string of the molecule is CC(=O)NCC1C[C@@H](c2ccc(N3CCC4(CC3)COC4)c(F)c2)C(=O)N1. The van der Waals surface area contributed by atoms with E-state index in [0.717, 1.165) is 39.1 Å². The number of carbonyl (C=O) groups excluding carboxylic acids is 2. The molecule has 3 saturated heterocycles. The van der Waals surface area contributed by atoms with E-state index >= 15 is 0 Å². The highest BCUT2D eigenvalue weighted by atomic mass is 19.1. The standard InChI is InChI=1S/C20H26FN3O3/c1-13(25)22-10-15-9-16(19(26)23-15)14-2-3-18(17(21)8-14)24-6-4-20(5-7-24)11-27-12-20/h2-3,8,15-16H,4-7,9-12H2,1H3,(H,22,25)(H,23,26)/t15?,16-/m0/s1. The number of rotatable bonds is 4. The van der Waals surface area contributed by atoms with Crippen molar-refractivity contribution in [3.8, 4) is 0 Å². The minimum Gasteiger partial charge on any atom is -0.380 e. The highest BCUT2D eigenvalue weighted by Gasteiger charge is 2.41. The first-order valence-corrected chi connectivity index (χ1v) is 9.63. The molecule has 4 rings (SSSR count). The number of amides is 2. The van der Waals surface area contributed by atoms with Gasteiger partial charge in [0.1, 0.15) is 5.82 Å². The first-order valence-electron chi connectivity index (χ1n) is 9.63. The van der Waals surface area contributed by atoms with Crippen LogP contribution >= 0.6 is 0 Å². The summed E-state index contributed by atoms with van der Waals surface area (Å²) in [6, 6.07) is 5.04. The third-order valence-electron chi connectivity index (χ3n) is 6.14. The Kier molecular flexibility index (Phi) is 4.80. The third-order valence-corrected chi connectivity index (χ3v) is 6.14. The van der Waals surface area contributed by atoms with Gasteiger partial charge in [-0.3, -0.25) is 9.59 Å². The first-order chi connectivity index (χ1) is 13.0. The minimum atomic E-state index is -0.371. The molecule has 0 bridgehead atoms. The topological polar surface area (TPSA) is 70.7 Å². The van der Waals surface area contributed by atoms with Gasteiger partial charge in [0, 0.05) is 38.0 Å². The van der Waals surface area contributed by atoms with Crippen LogP contribution in [0, 0.1) is 11.2 Å². The summed E-state index contributed by atoms with van der Waals surface area (Å²) in [6.45, 7) is 5.18. The van der Waals surface area contributed by atoms with Crippen LogP contribution in [0.3, 0.4) is 0 Å². The number of hydrogen-bond donors (Lipinski definition) is 2. The van der Waals surface area contributed by atoms with Crippen LogP contribution in [0.2, 0.25) is 0 Å². The Morgan fingerprint density at radius 3 is 2.70 bits per heavy atom. The van der Waals surface area contributed by atoms with Gasteiger partial charge in [0.15, 0.2) is 0 Å². The second kappa shape index (κ2) is 7.11.